The van der Waals surface area contributed by atoms with Gasteiger partial charge in [0.05, 0.1) is 16.6 Å². The van der Waals surface area contributed by atoms with E-state index in [9.17, 15) is 14.4 Å². The quantitative estimate of drug-likeness (QED) is 0.768. The molecule has 0 saturated heterocycles. The van der Waals surface area contributed by atoms with Crippen molar-refractivity contribution in [3.05, 3.63) is 71.8 Å². The lowest BCUT2D eigenvalue weighted by Gasteiger charge is -2.06. The zero-order valence-electron chi connectivity index (χ0n) is 11.3. The zero-order valence-corrected chi connectivity index (χ0v) is 13.7. The molecule has 1 N–H and O–H groups in total. The molecule has 0 aliphatic rings. The summed E-state index contributed by atoms with van der Waals surface area (Å²) in [4.78, 5) is 35.8. The molecule has 0 atom stereocenters. The van der Waals surface area contributed by atoms with Crippen molar-refractivity contribution in [1.82, 2.24) is 8.97 Å². The number of carbonyl (C=O) groups is 1. The summed E-state index contributed by atoms with van der Waals surface area (Å²) in [5, 5.41) is 9.69. The summed E-state index contributed by atoms with van der Waals surface area (Å²) in [5.74, 6) is -1.15. The average Bonchev–Trinajstić information content (AvgIpc) is 2.91. The summed E-state index contributed by atoms with van der Waals surface area (Å²) in [6.07, 6.45) is 1.20. The van der Waals surface area contributed by atoms with E-state index < -0.39 is 17.2 Å². The minimum atomic E-state index is -1.15. The van der Waals surface area contributed by atoms with Gasteiger partial charge in [0, 0.05) is 12.3 Å². The molecule has 2 aromatic heterocycles. The number of carboxylic acids is 1. The summed E-state index contributed by atoms with van der Waals surface area (Å²) in [5.41, 5.74) is -0.491. The lowest BCUT2D eigenvalue weighted by Crippen LogP contribution is -2.36. The Morgan fingerprint density at radius 2 is 1.91 bits per heavy atom. The number of hydrogen-bond acceptors (Lipinski definition) is 4. The first-order valence-electron chi connectivity index (χ1n) is 6.30. The largest absolute Gasteiger partial charge is 0.477 e. The highest BCUT2D eigenvalue weighted by Gasteiger charge is 2.13. The Balaban J connectivity index is 2.13. The lowest BCUT2D eigenvalue weighted by molar-refractivity contribution is 0.0701. The molecule has 0 aliphatic carbocycles. The van der Waals surface area contributed by atoms with Gasteiger partial charge in [-0.1, -0.05) is 29.3 Å². The number of fused-ring (bicyclic) bond motifs is 1. The van der Waals surface area contributed by atoms with Crippen LogP contribution in [0.2, 0.25) is 10.0 Å². The number of rotatable bonds is 3. The molecule has 9 heteroatoms. The fourth-order valence-corrected chi connectivity index (χ4v) is 3.27. The number of benzene rings is 1. The molecule has 0 saturated carbocycles. The summed E-state index contributed by atoms with van der Waals surface area (Å²) >= 11 is 12.6. The number of halogens is 2. The van der Waals surface area contributed by atoms with E-state index in [2.05, 4.69) is 0 Å². The van der Waals surface area contributed by atoms with Crippen molar-refractivity contribution in [1.29, 1.82) is 0 Å². The summed E-state index contributed by atoms with van der Waals surface area (Å²) in [7, 11) is 0. The highest BCUT2D eigenvalue weighted by molar-refractivity contribution is 7.19. The number of carboxylic acid groups (broad SMARTS) is 1. The third-order valence-corrected chi connectivity index (χ3v) is 4.95. The summed E-state index contributed by atoms with van der Waals surface area (Å²) in [6.45, 7) is 0.00967. The van der Waals surface area contributed by atoms with Crippen molar-refractivity contribution in [2.24, 2.45) is 0 Å². The van der Waals surface area contributed by atoms with Gasteiger partial charge in [0.25, 0.3) is 5.56 Å². The van der Waals surface area contributed by atoms with Crippen LogP contribution in [-0.2, 0) is 6.54 Å². The van der Waals surface area contributed by atoms with Gasteiger partial charge in [-0.05, 0) is 17.7 Å². The average molecular weight is 371 g/mol. The van der Waals surface area contributed by atoms with Crippen LogP contribution >= 0.6 is 34.5 Å². The first kappa shape index (κ1) is 15.8. The smallest absolute Gasteiger partial charge is 0.347 e. The second-order valence-corrected chi connectivity index (χ2v) is 6.59. The van der Waals surface area contributed by atoms with Gasteiger partial charge in [-0.3, -0.25) is 13.8 Å². The Kier molecular flexibility index (Phi) is 4.01. The van der Waals surface area contributed by atoms with Gasteiger partial charge < -0.3 is 5.11 Å². The molecule has 0 fully saturated rings. The van der Waals surface area contributed by atoms with Crippen LogP contribution in [0.3, 0.4) is 0 Å². The van der Waals surface area contributed by atoms with Gasteiger partial charge in [-0.2, -0.15) is 0 Å². The Bertz CT molecular complexity index is 1050. The lowest BCUT2D eigenvalue weighted by atomic mass is 10.2. The van der Waals surface area contributed by atoms with Crippen LogP contribution in [0.1, 0.15) is 15.2 Å². The van der Waals surface area contributed by atoms with Gasteiger partial charge in [-0.15, -0.1) is 11.3 Å². The molecule has 0 spiro atoms. The third-order valence-electron chi connectivity index (χ3n) is 3.18. The maximum absolute atomic E-state index is 12.4. The van der Waals surface area contributed by atoms with E-state index in [-0.39, 0.29) is 16.3 Å². The van der Waals surface area contributed by atoms with Crippen molar-refractivity contribution in [2.45, 2.75) is 6.54 Å². The Hall–Kier alpha value is -2.09. The summed E-state index contributed by atoms with van der Waals surface area (Å²) in [6, 6.07) is 6.04. The van der Waals surface area contributed by atoms with Crippen molar-refractivity contribution in [2.75, 3.05) is 0 Å². The molecule has 3 rings (SSSR count). The Morgan fingerprint density at radius 3 is 2.57 bits per heavy atom. The molecule has 23 heavy (non-hydrogen) atoms. The molecule has 0 aliphatic heterocycles. The van der Waals surface area contributed by atoms with E-state index in [0.717, 1.165) is 20.3 Å². The minimum Gasteiger partial charge on any atom is -0.477 e. The standard InChI is InChI=1S/C14H8Cl2N2O4S/c15-8-2-1-7(3-9(8)16)5-17-11(19)4-12-18(14(17)22)6-10(23-12)13(20)21/h1-4,6H,5H2,(H,20,21). The van der Waals surface area contributed by atoms with E-state index >= 15 is 0 Å². The van der Waals surface area contributed by atoms with Gasteiger partial charge in [-0.25, -0.2) is 9.59 Å². The number of thiazole rings is 1. The van der Waals surface area contributed by atoms with Gasteiger partial charge >= 0.3 is 11.7 Å². The second kappa shape index (κ2) is 5.84. The predicted octanol–water partition coefficient (Wildman–Crippen LogP) is 2.58. The van der Waals surface area contributed by atoms with Crippen LogP contribution in [0.15, 0.2) is 40.1 Å². The first-order valence-corrected chi connectivity index (χ1v) is 7.87. The van der Waals surface area contributed by atoms with Crippen molar-refractivity contribution in [3.63, 3.8) is 0 Å². The van der Waals surface area contributed by atoms with Crippen LogP contribution in [0, 0.1) is 0 Å². The van der Waals surface area contributed by atoms with Crippen molar-refractivity contribution < 1.29 is 9.90 Å². The molecular formula is C14H8Cl2N2O4S. The maximum atomic E-state index is 12.4. The Labute approximate surface area is 142 Å². The van der Waals surface area contributed by atoms with Crippen LogP contribution in [0.25, 0.3) is 4.83 Å². The van der Waals surface area contributed by atoms with Crippen molar-refractivity contribution >= 4 is 45.3 Å². The van der Waals surface area contributed by atoms with Crippen LogP contribution < -0.4 is 11.2 Å². The predicted molar refractivity (Wildman–Crippen MR) is 88.3 cm³/mol. The zero-order chi connectivity index (χ0) is 16.7. The topological polar surface area (TPSA) is 80.8 Å². The number of hydrogen-bond donors (Lipinski definition) is 1. The van der Waals surface area contributed by atoms with Crippen LogP contribution in [0.4, 0.5) is 0 Å². The van der Waals surface area contributed by atoms with Crippen LogP contribution in [0.5, 0.6) is 0 Å². The fourth-order valence-electron chi connectivity index (χ4n) is 2.09. The van der Waals surface area contributed by atoms with Crippen LogP contribution in [-0.4, -0.2) is 20.0 Å². The Morgan fingerprint density at radius 1 is 1.17 bits per heavy atom. The third kappa shape index (κ3) is 2.90. The second-order valence-electron chi connectivity index (χ2n) is 4.71. The number of aromatic carboxylic acids is 1. The number of aromatic nitrogens is 2. The van der Waals surface area contributed by atoms with E-state index in [1.54, 1.807) is 18.2 Å². The van der Waals surface area contributed by atoms with E-state index in [4.69, 9.17) is 28.3 Å². The molecule has 6 nitrogen and oxygen atoms in total. The van der Waals surface area contributed by atoms with Gasteiger partial charge in [0.2, 0.25) is 0 Å². The molecule has 3 aromatic rings. The molecule has 0 unspecified atom stereocenters. The van der Waals surface area contributed by atoms with Gasteiger partial charge in [0.15, 0.2) is 0 Å². The SMILES string of the molecule is O=C(O)c1cn2c(=O)n(Cc3ccc(Cl)c(Cl)c3)c(=O)cc2s1. The first-order chi connectivity index (χ1) is 10.9. The minimum absolute atomic E-state index is 0.00967. The normalized spacial score (nSPS) is 11.0. The molecule has 1 aromatic carbocycles. The summed E-state index contributed by atoms with van der Waals surface area (Å²) < 4.78 is 2.15. The van der Waals surface area contributed by atoms with Crippen molar-refractivity contribution in [3.8, 4) is 0 Å². The molecule has 118 valence electrons. The highest BCUT2D eigenvalue weighted by atomic mass is 35.5. The molecule has 0 amide bonds. The monoisotopic (exact) mass is 370 g/mol. The molecule has 0 radical (unpaired) electrons. The molecule has 0 bridgehead atoms. The number of nitrogens with zero attached hydrogens (tertiary/aromatic N) is 2. The van der Waals surface area contributed by atoms with E-state index in [1.807, 2.05) is 0 Å². The van der Waals surface area contributed by atoms with Gasteiger partial charge in [0.1, 0.15) is 9.71 Å². The highest BCUT2D eigenvalue weighted by Crippen LogP contribution is 2.22. The maximum Gasteiger partial charge on any atom is 0.347 e. The fraction of sp³-hybridized carbons (Fsp3) is 0.0714. The van der Waals surface area contributed by atoms with E-state index in [1.165, 1.54) is 12.3 Å². The molecular weight excluding hydrogens is 363 g/mol. The molecule has 2 heterocycles. The van der Waals surface area contributed by atoms with E-state index in [0.29, 0.717) is 15.6 Å².